The second kappa shape index (κ2) is 8.81. The second-order valence-corrected chi connectivity index (χ2v) is 10.9. The van der Waals surface area contributed by atoms with Crippen molar-refractivity contribution in [3.63, 3.8) is 0 Å². The predicted molar refractivity (Wildman–Crippen MR) is 132 cm³/mol. The summed E-state index contributed by atoms with van der Waals surface area (Å²) in [6, 6.07) is 17.4. The van der Waals surface area contributed by atoms with Gasteiger partial charge in [-0.05, 0) is 79.5 Å². The molecule has 1 atom stereocenters. The molecule has 5 aliphatic rings. The summed E-state index contributed by atoms with van der Waals surface area (Å²) >= 11 is 0. The van der Waals surface area contributed by atoms with Gasteiger partial charge in [0.1, 0.15) is 5.75 Å². The van der Waals surface area contributed by atoms with E-state index in [2.05, 4.69) is 0 Å². The van der Waals surface area contributed by atoms with Gasteiger partial charge in [-0.1, -0.05) is 42.5 Å². The number of ether oxygens (including phenoxy) is 2. The first-order valence-corrected chi connectivity index (χ1v) is 12.8. The molecule has 35 heavy (non-hydrogen) atoms. The van der Waals surface area contributed by atoms with Crippen molar-refractivity contribution in [3.05, 3.63) is 65.7 Å². The summed E-state index contributed by atoms with van der Waals surface area (Å²) in [5.41, 5.74) is 2.45. The smallest absolute Gasteiger partial charge is 0.312 e. The molecule has 4 fully saturated rings. The molecule has 0 radical (unpaired) electrons. The zero-order valence-corrected chi connectivity index (χ0v) is 20.2. The van der Waals surface area contributed by atoms with Crippen LogP contribution in [0.25, 0.3) is 0 Å². The van der Waals surface area contributed by atoms with Crippen molar-refractivity contribution < 1.29 is 19.1 Å². The van der Waals surface area contributed by atoms with Gasteiger partial charge in [-0.15, -0.1) is 0 Å². The van der Waals surface area contributed by atoms with Crippen LogP contribution in [0.15, 0.2) is 59.7 Å². The van der Waals surface area contributed by atoms with E-state index in [1.165, 1.54) is 24.3 Å². The van der Waals surface area contributed by atoms with Crippen LogP contribution in [0.1, 0.15) is 62.1 Å². The number of carbonyl (C=O) groups excluding carboxylic acids is 2. The summed E-state index contributed by atoms with van der Waals surface area (Å²) < 4.78 is 11.0. The van der Waals surface area contributed by atoms with Gasteiger partial charge in [0.25, 0.3) is 5.91 Å². The highest BCUT2D eigenvalue weighted by molar-refractivity contribution is 6.03. The van der Waals surface area contributed by atoms with Gasteiger partial charge in [0, 0.05) is 6.42 Å². The van der Waals surface area contributed by atoms with E-state index in [4.69, 9.17) is 14.6 Å². The molecule has 0 saturated heterocycles. The van der Waals surface area contributed by atoms with Crippen LogP contribution < -0.4 is 4.74 Å². The molecule has 0 spiro atoms. The molecule has 2 aromatic rings. The number of benzene rings is 2. The van der Waals surface area contributed by atoms with Crippen LogP contribution in [0.5, 0.6) is 5.75 Å². The first-order valence-electron chi connectivity index (χ1n) is 12.8. The highest BCUT2D eigenvalue weighted by atomic mass is 16.5. The molecule has 6 heteroatoms. The lowest BCUT2D eigenvalue weighted by Gasteiger charge is -2.55. The number of hydrazone groups is 1. The average molecular weight is 473 g/mol. The number of nitrogens with zero attached hydrogens (tertiary/aromatic N) is 2. The lowest BCUT2D eigenvalue weighted by atomic mass is 9.49. The zero-order valence-electron chi connectivity index (χ0n) is 20.2. The Hall–Kier alpha value is -3.15. The van der Waals surface area contributed by atoms with Crippen molar-refractivity contribution >= 4 is 17.6 Å². The lowest BCUT2D eigenvalue weighted by Crippen LogP contribution is -2.51. The summed E-state index contributed by atoms with van der Waals surface area (Å²) in [5.74, 6) is 2.27. The second-order valence-electron chi connectivity index (χ2n) is 10.9. The third kappa shape index (κ3) is 4.13. The van der Waals surface area contributed by atoms with Crippen molar-refractivity contribution in [3.8, 4) is 5.75 Å². The molecule has 2 aromatic carbocycles. The fourth-order valence-electron chi connectivity index (χ4n) is 7.34. The van der Waals surface area contributed by atoms with Crippen molar-refractivity contribution in [1.82, 2.24) is 5.01 Å². The highest BCUT2D eigenvalue weighted by Crippen LogP contribution is 2.60. The Morgan fingerprint density at radius 1 is 0.943 bits per heavy atom. The van der Waals surface area contributed by atoms with E-state index in [9.17, 15) is 9.59 Å². The topological polar surface area (TPSA) is 68.2 Å². The average Bonchev–Trinajstić information content (AvgIpc) is 3.32. The molecule has 0 N–H and O–H groups in total. The summed E-state index contributed by atoms with van der Waals surface area (Å²) in [5, 5.41) is 6.22. The quantitative estimate of drug-likeness (QED) is 0.547. The maximum atomic E-state index is 13.4. The first kappa shape index (κ1) is 22.3. The third-order valence-corrected chi connectivity index (χ3v) is 8.57. The van der Waals surface area contributed by atoms with E-state index in [1.807, 2.05) is 54.6 Å². The van der Waals surface area contributed by atoms with E-state index in [-0.39, 0.29) is 29.9 Å². The molecule has 4 saturated carbocycles. The number of rotatable bonds is 6. The number of hydrogen-bond donors (Lipinski definition) is 0. The Morgan fingerprint density at radius 2 is 1.57 bits per heavy atom. The van der Waals surface area contributed by atoms with Crippen molar-refractivity contribution in [2.24, 2.45) is 28.3 Å². The maximum Gasteiger partial charge on any atom is 0.312 e. The Kier molecular flexibility index (Phi) is 5.62. The largest absolute Gasteiger partial charge is 0.497 e. The number of carbonyl (C=O) groups is 2. The van der Waals surface area contributed by atoms with Crippen LogP contribution in [0, 0.1) is 23.2 Å². The summed E-state index contributed by atoms with van der Waals surface area (Å²) in [4.78, 5) is 26.7. The van der Waals surface area contributed by atoms with Crippen molar-refractivity contribution in [2.75, 3.05) is 13.7 Å². The van der Waals surface area contributed by atoms with E-state index >= 15 is 0 Å². The van der Waals surface area contributed by atoms with Crippen LogP contribution in [-0.4, -0.2) is 36.3 Å². The highest BCUT2D eigenvalue weighted by Gasteiger charge is 2.55. The molecule has 6 nitrogen and oxygen atoms in total. The Labute approximate surface area is 206 Å². The van der Waals surface area contributed by atoms with E-state index in [0.29, 0.717) is 24.2 Å². The van der Waals surface area contributed by atoms with Crippen LogP contribution in [0.2, 0.25) is 0 Å². The minimum atomic E-state index is -0.367. The van der Waals surface area contributed by atoms with Gasteiger partial charge in [-0.3, -0.25) is 9.59 Å². The first-order chi connectivity index (χ1) is 17.0. The van der Waals surface area contributed by atoms with E-state index < -0.39 is 0 Å². The fourth-order valence-corrected chi connectivity index (χ4v) is 7.34. The number of amides is 1. The van der Waals surface area contributed by atoms with Gasteiger partial charge in [-0.25, -0.2) is 5.01 Å². The minimum Gasteiger partial charge on any atom is -0.497 e. The molecular formula is C29H32N2O4. The van der Waals surface area contributed by atoms with E-state index in [1.54, 1.807) is 7.11 Å². The SMILES string of the molecule is COc1ccc(C2CC(c3ccccc3)=NN2C(=O)COC(=O)C23CC4CC(CC(C4)C2)C3)cc1. The molecule has 4 bridgehead atoms. The molecule has 182 valence electrons. The van der Waals surface area contributed by atoms with E-state index in [0.717, 1.165) is 41.9 Å². The molecule has 7 rings (SSSR count). The normalized spacial score (nSPS) is 30.8. The molecule has 1 aliphatic heterocycles. The molecule has 1 unspecified atom stereocenters. The van der Waals surface area contributed by atoms with Gasteiger partial charge in [-0.2, -0.15) is 5.10 Å². The van der Waals surface area contributed by atoms with Gasteiger partial charge in [0.15, 0.2) is 6.61 Å². The van der Waals surface area contributed by atoms with Crippen molar-refractivity contribution in [1.29, 1.82) is 0 Å². The Balaban J connectivity index is 1.19. The van der Waals surface area contributed by atoms with Gasteiger partial charge in [0.05, 0.1) is 24.3 Å². The van der Waals surface area contributed by atoms with Crippen LogP contribution in [0.4, 0.5) is 0 Å². The van der Waals surface area contributed by atoms with Crippen LogP contribution >= 0.6 is 0 Å². The fraction of sp³-hybridized carbons (Fsp3) is 0.483. The zero-order chi connectivity index (χ0) is 24.0. The molecule has 1 amide bonds. The van der Waals surface area contributed by atoms with Crippen molar-refractivity contribution in [2.45, 2.75) is 51.0 Å². The lowest BCUT2D eigenvalue weighted by molar-refractivity contribution is -0.174. The summed E-state index contributed by atoms with van der Waals surface area (Å²) in [7, 11) is 1.63. The van der Waals surface area contributed by atoms with Gasteiger partial charge in [0.2, 0.25) is 0 Å². The number of esters is 1. The molecule has 0 aromatic heterocycles. The third-order valence-electron chi connectivity index (χ3n) is 8.57. The Morgan fingerprint density at radius 3 is 2.17 bits per heavy atom. The Bertz CT molecular complexity index is 1110. The van der Waals surface area contributed by atoms with Gasteiger partial charge >= 0.3 is 5.97 Å². The summed E-state index contributed by atoms with van der Waals surface area (Å²) in [6.07, 6.45) is 7.19. The van der Waals surface area contributed by atoms with Gasteiger partial charge < -0.3 is 9.47 Å². The van der Waals surface area contributed by atoms with Crippen LogP contribution in [0.3, 0.4) is 0 Å². The predicted octanol–water partition coefficient (Wildman–Crippen LogP) is 5.13. The number of methoxy groups -OCH3 is 1. The molecular weight excluding hydrogens is 440 g/mol. The summed E-state index contributed by atoms with van der Waals surface area (Å²) in [6.45, 7) is -0.265. The minimum absolute atomic E-state index is 0.169. The monoisotopic (exact) mass is 472 g/mol. The number of hydrogen-bond acceptors (Lipinski definition) is 5. The molecule has 1 heterocycles. The maximum absolute atomic E-state index is 13.4. The molecule has 4 aliphatic carbocycles. The van der Waals surface area contributed by atoms with Crippen LogP contribution in [-0.2, 0) is 14.3 Å². The standard InChI is InChI=1S/C29H32N2O4/c1-34-24-9-7-23(8-10-24)26-14-25(22-5-3-2-4-6-22)30-31(26)27(32)18-35-28(33)29-15-19-11-20(16-29)13-21(12-19)17-29/h2-10,19-21,26H,11-18H2,1H3.